The second-order valence-electron chi connectivity index (χ2n) is 7.55. The molecule has 3 N–H and O–H groups in total. The van der Waals surface area contributed by atoms with Crippen LogP contribution in [0.2, 0.25) is 0 Å². The molecule has 2 aromatic carbocycles. The number of hydrogen-bond donors (Lipinski definition) is 2. The number of nitrogen functional groups attached to an aromatic ring is 1. The molecule has 140 valence electrons. The SMILES string of the molecule is Cc1ccc2c(ccn2C(=O)OC(C)(C)C)c1.Nc1ccc2[nH]ccc2c1. The number of H-pyrrole nitrogens is 1. The molecule has 0 unspecified atom stereocenters. The zero-order valence-corrected chi connectivity index (χ0v) is 16.1. The van der Waals surface area contributed by atoms with Crippen molar-refractivity contribution in [2.75, 3.05) is 5.73 Å². The van der Waals surface area contributed by atoms with Crippen LogP contribution in [0, 0.1) is 6.92 Å². The first kappa shape index (κ1) is 18.6. The van der Waals surface area contributed by atoms with Crippen LogP contribution >= 0.6 is 0 Å². The number of carbonyl (C=O) groups is 1. The van der Waals surface area contributed by atoms with Crippen LogP contribution in [-0.2, 0) is 4.74 Å². The number of fused-ring (bicyclic) bond motifs is 2. The average Bonchev–Trinajstić information content (AvgIpc) is 3.19. The second-order valence-corrected chi connectivity index (χ2v) is 7.55. The summed E-state index contributed by atoms with van der Waals surface area (Å²) >= 11 is 0. The van der Waals surface area contributed by atoms with E-state index in [1.165, 1.54) is 10.9 Å². The molecule has 5 heteroatoms. The average molecular weight is 363 g/mol. The van der Waals surface area contributed by atoms with Crippen LogP contribution in [0.5, 0.6) is 0 Å². The lowest BCUT2D eigenvalue weighted by molar-refractivity contribution is 0.0544. The van der Waals surface area contributed by atoms with Gasteiger partial charge in [0.2, 0.25) is 0 Å². The maximum absolute atomic E-state index is 12.0. The van der Waals surface area contributed by atoms with Crippen molar-refractivity contribution in [1.29, 1.82) is 0 Å². The number of aryl methyl sites for hydroxylation is 1. The van der Waals surface area contributed by atoms with E-state index in [0.29, 0.717) is 0 Å². The quantitative estimate of drug-likeness (QED) is 0.406. The van der Waals surface area contributed by atoms with E-state index in [-0.39, 0.29) is 6.09 Å². The Morgan fingerprint density at radius 1 is 1.04 bits per heavy atom. The number of carbonyl (C=O) groups excluding carboxylic acids is 1. The minimum atomic E-state index is -0.474. The number of hydrogen-bond acceptors (Lipinski definition) is 3. The highest BCUT2D eigenvalue weighted by Crippen LogP contribution is 2.19. The number of anilines is 1. The third-order valence-electron chi connectivity index (χ3n) is 4.01. The van der Waals surface area contributed by atoms with Crippen molar-refractivity contribution in [3.8, 4) is 0 Å². The molecule has 27 heavy (non-hydrogen) atoms. The monoisotopic (exact) mass is 363 g/mol. The smallest absolute Gasteiger partial charge is 0.418 e. The molecule has 0 spiro atoms. The number of aromatic amines is 1. The van der Waals surface area contributed by atoms with Crippen molar-refractivity contribution in [3.05, 3.63) is 66.5 Å². The first-order valence-corrected chi connectivity index (χ1v) is 8.87. The van der Waals surface area contributed by atoms with E-state index >= 15 is 0 Å². The van der Waals surface area contributed by atoms with E-state index in [9.17, 15) is 4.79 Å². The number of nitrogens with one attached hydrogen (secondary N) is 1. The minimum absolute atomic E-state index is 0.337. The molecule has 0 saturated heterocycles. The summed E-state index contributed by atoms with van der Waals surface area (Å²) < 4.78 is 6.89. The molecule has 0 bridgehead atoms. The number of nitrogens with two attached hydrogens (primary N) is 1. The lowest BCUT2D eigenvalue weighted by atomic mass is 10.2. The van der Waals surface area contributed by atoms with Crippen LogP contribution in [0.25, 0.3) is 21.8 Å². The number of rotatable bonds is 0. The standard InChI is InChI=1S/C14H17NO2.C8H8N2/c1-10-5-6-12-11(9-10)7-8-15(12)13(16)17-14(2,3)4;9-7-1-2-8-6(5-7)3-4-10-8/h5-9H,1-4H3;1-5,10H,9H2. The maximum Gasteiger partial charge on any atom is 0.418 e. The predicted molar refractivity (Wildman–Crippen MR) is 111 cm³/mol. The molecule has 0 fully saturated rings. The van der Waals surface area contributed by atoms with E-state index in [2.05, 4.69) is 11.1 Å². The van der Waals surface area contributed by atoms with Gasteiger partial charge >= 0.3 is 6.09 Å². The normalized spacial score (nSPS) is 11.3. The zero-order valence-electron chi connectivity index (χ0n) is 16.1. The van der Waals surface area contributed by atoms with Gasteiger partial charge in [0, 0.05) is 34.4 Å². The lowest BCUT2D eigenvalue weighted by Crippen LogP contribution is -2.26. The molecule has 4 aromatic rings. The van der Waals surface area contributed by atoms with Crippen LogP contribution in [0.15, 0.2) is 60.9 Å². The van der Waals surface area contributed by atoms with E-state index in [1.54, 1.807) is 10.8 Å². The molecular weight excluding hydrogens is 338 g/mol. The number of aromatic nitrogens is 2. The van der Waals surface area contributed by atoms with Crippen molar-refractivity contribution in [2.24, 2.45) is 0 Å². The molecule has 2 heterocycles. The Morgan fingerprint density at radius 3 is 2.56 bits per heavy atom. The van der Waals surface area contributed by atoms with Gasteiger partial charge in [-0.05, 0) is 70.2 Å². The Hall–Kier alpha value is -3.21. The Balaban J connectivity index is 0.000000177. The van der Waals surface area contributed by atoms with Crippen molar-refractivity contribution >= 4 is 33.6 Å². The van der Waals surface area contributed by atoms with Crippen molar-refractivity contribution < 1.29 is 9.53 Å². The summed E-state index contributed by atoms with van der Waals surface area (Å²) in [6.07, 6.45) is 3.32. The van der Waals surface area contributed by atoms with Gasteiger partial charge in [-0.25, -0.2) is 4.79 Å². The second kappa shape index (κ2) is 7.19. The Labute approximate surface area is 158 Å². The number of nitrogens with zero attached hydrogens (tertiary/aromatic N) is 1. The van der Waals surface area contributed by atoms with E-state index in [1.807, 2.05) is 76.4 Å². The molecule has 0 saturated carbocycles. The highest BCUT2D eigenvalue weighted by Gasteiger charge is 2.18. The predicted octanol–water partition coefficient (Wildman–Crippen LogP) is 5.48. The number of benzene rings is 2. The van der Waals surface area contributed by atoms with Gasteiger partial charge in [0.25, 0.3) is 0 Å². The van der Waals surface area contributed by atoms with Crippen molar-refractivity contribution in [3.63, 3.8) is 0 Å². The maximum atomic E-state index is 12.0. The molecule has 0 aliphatic heterocycles. The summed E-state index contributed by atoms with van der Waals surface area (Å²) in [6.45, 7) is 7.62. The Morgan fingerprint density at radius 2 is 1.81 bits per heavy atom. The summed E-state index contributed by atoms with van der Waals surface area (Å²) in [5.41, 5.74) is 9.10. The van der Waals surface area contributed by atoms with E-state index < -0.39 is 5.60 Å². The van der Waals surface area contributed by atoms with Gasteiger partial charge in [0.1, 0.15) is 5.60 Å². The fourth-order valence-corrected chi connectivity index (χ4v) is 2.80. The van der Waals surface area contributed by atoms with Gasteiger partial charge in [-0.2, -0.15) is 0 Å². The molecule has 0 atom stereocenters. The largest absolute Gasteiger partial charge is 0.443 e. The highest BCUT2D eigenvalue weighted by molar-refractivity contribution is 5.89. The molecule has 0 aliphatic rings. The fraction of sp³-hybridized carbons (Fsp3) is 0.227. The molecule has 0 aliphatic carbocycles. The Bertz CT molecular complexity index is 1080. The van der Waals surface area contributed by atoms with Gasteiger partial charge in [-0.3, -0.25) is 4.57 Å². The summed E-state index contributed by atoms with van der Waals surface area (Å²) in [6, 6.07) is 15.7. The number of ether oxygens (including phenoxy) is 1. The van der Waals surface area contributed by atoms with Crippen molar-refractivity contribution in [2.45, 2.75) is 33.3 Å². The molecular formula is C22H25N3O2. The first-order chi connectivity index (χ1) is 12.7. The van der Waals surface area contributed by atoms with Gasteiger partial charge in [0.15, 0.2) is 0 Å². The highest BCUT2D eigenvalue weighted by atomic mass is 16.6. The van der Waals surface area contributed by atoms with E-state index in [4.69, 9.17) is 10.5 Å². The molecule has 0 amide bonds. The van der Waals surface area contributed by atoms with Gasteiger partial charge < -0.3 is 15.5 Å². The third-order valence-corrected chi connectivity index (χ3v) is 4.01. The van der Waals surface area contributed by atoms with Gasteiger partial charge in [0.05, 0.1) is 5.52 Å². The summed E-state index contributed by atoms with van der Waals surface area (Å²) in [5, 5.41) is 2.22. The topological polar surface area (TPSA) is 73.0 Å². The van der Waals surface area contributed by atoms with Crippen molar-refractivity contribution in [1.82, 2.24) is 9.55 Å². The van der Waals surface area contributed by atoms with E-state index in [0.717, 1.165) is 22.1 Å². The summed E-state index contributed by atoms with van der Waals surface area (Å²) in [4.78, 5) is 15.1. The minimum Gasteiger partial charge on any atom is -0.443 e. The molecule has 2 aromatic heterocycles. The summed E-state index contributed by atoms with van der Waals surface area (Å²) in [5.74, 6) is 0. The Kier molecular flexibility index (Phi) is 4.95. The summed E-state index contributed by atoms with van der Waals surface area (Å²) in [7, 11) is 0. The van der Waals surface area contributed by atoms with Crippen LogP contribution < -0.4 is 5.73 Å². The first-order valence-electron chi connectivity index (χ1n) is 8.87. The van der Waals surface area contributed by atoms with Crippen LogP contribution in [0.3, 0.4) is 0 Å². The van der Waals surface area contributed by atoms with Gasteiger partial charge in [-0.1, -0.05) is 11.6 Å². The van der Waals surface area contributed by atoms with Crippen LogP contribution in [0.1, 0.15) is 26.3 Å². The van der Waals surface area contributed by atoms with Crippen LogP contribution in [0.4, 0.5) is 10.5 Å². The van der Waals surface area contributed by atoms with Gasteiger partial charge in [-0.15, -0.1) is 0 Å². The third kappa shape index (κ3) is 4.50. The fourth-order valence-electron chi connectivity index (χ4n) is 2.80. The molecule has 4 rings (SSSR count). The zero-order chi connectivity index (χ0) is 19.6. The lowest BCUT2D eigenvalue weighted by Gasteiger charge is -2.19. The molecule has 5 nitrogen and oxygen atoms in total. The van der Waals surface area contributed by atoms with Crippen LogP contribution in [-0.4, -0.2) is 21.2 Å². The molecule has 0 radical (unpaired) electrons.